The third-order valence-corrected chi connectivity index (χ3v) is 4.32. The van der Waals surface area contributed by atoms with E-state index in [4.69, 9.17) is 0 Å². The van der Waals surface area contributed by atoms with Gasteiger partial charge in [-0.05, 0) is 12.3 Å². The van der Waals surface area contributed by atoms with Crippen molar-refractivity contribution in [3.8, 4) is 0 Å². The van der Waals surface area contributed by atoms with Crippen molar-refractivity contribution in [1.29, 1.82) is 0 Å². The molecule has 0 saturated carbocycles. The fourth-order valence-corrected chi connectivity index (χ4v) is 3.66. The molecule has 1 N–H and O–H groups in total. The normalized spacial score (nSPS) is 38.8. The van der Waals surface area contributed by atoms with Crippen LogP contribution >= 0.6 is 0 Å². The Kier molecular flexibility index (Phi) is 1.64. The molecule has 0 spiro atoms. The van der Waals surface area contributed by atoms with Gasteiger partial charge in [0.05, 0.1) is 11.5 Å². The number of amides is 1. The lowest BCUT2D eigenvalue weighted by Crippen LogP contribution is -2.41. The molecule has 2 fully saturated rings. The van der Waals surface area contributed by atoms with Gasteiger partial charge in [-0.25, -0.2) is 8.42 Å². The lowest BCUT2D eigenvalue weighted by molar-refractivity contribution is -0.119. The lowest BCUT2D eigenvalue weighted by atomic mass is 9.99. The number of fused-ring (bicyclic) bond motifs is 1. The summed E-state index contributed by atoms with van der Waals surface area (Å²) < 4.78 is 22.3. The Morgan fingerprint density at radius 1 is 1.42 bits per heavy atom. The van der Waals surface area contributed by atoms with Crippen LogP contribution in [0.3, 0.4) is 0 Å². The van der Waals surface area contributed by atoms with Gasteiger partial charge in [0, 0.05) is 12.5 Å². The van der Waals surface area contributed by atoms with E-state index < -0.39 is 9.84 Å². The summed E-state index contributed by atoms with van der Waals surface area (Å²) >= 11 is 0. The molecule has 2 saturated heterocycles. The first-order chi connectivity index (χ1) is 5.57. The van der Waals surface area contributed by atoms with Crippen LogP contribution in [-0.4, -0.2) is 31.9 Å². The van der Waals surface area contributed by atoms with Crippen molar-refractivity contribution >= 4 is 15.7 Å². The summed E-state index contributed by atoms with van der Waals surface area (Å²) in [5.41, 5.74) is 0. The third kappa shape index (κ3) is 1.33. The Morgan fingerprint density at radius 2 is 2.17 bits per heavy atom. The Morgan fingerprint density at radius 3 is 2.92 bits per heavy atom. The molecular weight excluding hydrogens is 178 g/mol. The molecule has 0 bridgehead atoms. The Bertz CT molecular complexity index is 309. The van der Waals surface area contributed by atoms with Gasteiger partial charge in [0.25, 0.3) is 0 Å². The van der Waals surface area contributed by atoms with Crippen LogP contribution in [0.25, 0.3) is 0 Å². The molecule has 2 aliphatic rings. The van der Waals surface area contributed by atoms with Crippen LogP contribution in [0.1, 0.15) is 12.8 Å². The number of sulfone groups is 1. The number of carbonyl (C=O) groups is 1. The first-order valence-electron chi connectivity index (χ1n) is 4.07. The van der Waals surface area contributed by atoms with Gasteiger partial charge >= 0.3 is 0 Å². The molecule has 2 heterocycles. The quantitative estimate of drug-likeness (QED) is 0.548. The van der Waals surface area contributed by atoms with E-state index >= 15 is 0 Å². The van der Waals surface area contributed by atoms with E-state index in [0.29, 0.717) is 12.8 Å². The summed E-state index contributed by atoms with van der Waals surface area (Å²) in [6.07, 6.45) is 1.16. The van der Waals surface area contributed by atoms with Gasteiger partial charge in [0.1, 0.15) is 0 Å². The van der Waals surface area contributed by atoms with E-state index in [1.165, 1.54) is 0 Å². The van der Waals surface area contributed by atoms with Crippen LogP contribution in [0.15, 0.2) is 0 Å². The van der Waals surface area contributed by atoms with E-state index in [0.717, 1.165) is 0 Å². The highest BCUT2D eigenvalue weighted by atomic mass is 32.2. The molecule has 0 aromatic carbocycles. The number of rotatable bonds is 0. The van der Waals surface area contributed by atoms with Crippen molar-refractivity contribution in [3.05, 3.63) is 0 Å². The smallest absolute Gasteiger partial charge is 0.220 e. The van der Waals surface area contributed by atoms with Crippen LogP contribution in [0.5, 0.6) is 0 Å². The predicted octanol–water partition coefficient (Wildman–Crippen LogP) is -0.690. The minimum Gasteiger partial charge on any atom is -0.352 e. The standard InChI is InChI=1S/C7H11NO3S/c9-7-3-5-1-2-12(10,11)4-6(5)8-7/h5-6H,1-4H2,(H,8,9). The molecule has 4 nitrogen and oxygen atoms in total. The average molecular weight is 189 g/mol. The van der Waals surface area contributed by atoms with Gasteiger partial charge in [0.2, 0.25) is 5.91 Å². The Hall–Kier alpha value is -0.580. The number of carbonyl (C=O) groups excluding carboxylic acids is 1. The highest BCUT2D eigenvalue weighted by molar-refractivity contribution is 7.91. The molecule has 2 atom stereocenters. The van der Waals surface area contributed by atoms with Gasteiger partial charge in [0.15, 0.2) is 9.84 Å². The maximum atomic E-state index is 11.1. The molecule has 2 unspecified atom stereocenters. The third-order valence-electron chi connectivity index (χ3n) is 2.60. The second kappa shape index (κ2) is 2.45. The molecule has 0 radical (unpaired) electrons. The maximum Gasteiger partial charge on any atom is 0.220 e. The van der Waals surface area contributed by atoms with Crippen molar-refractivity contribution in [2.75, 3.05) is 11.5 Å². The van der Waals surface area contributed by atoms with Gasteiger partial charge in [-0.2, -0.15) is 0 Å². The number of nitrogens with one attached hydrogen (secondary N) is 1. The summed E-state index contributed by atoms with van der Waals surface area (Å²) in [6.45, 7) is 0. The van der Waals surface area contributed by atoms with Crippen molar-refractivity contribution in [1.82, 2.24) is 5.32 Å². The Balaban J connectivity index is 2.17. The maximum absolute atomic E-state index is 11.1. The van der Waals surface area contributed by atoms with Crippen LogP contribution in [0, 0.1) is 5.92 Å². The topological polar surface area (TPSA) is 63.2 Å². The largest absolute Gasteiger partial charge is 0.352 e. The second-order valence-electron chi connectivity index (χ2n) is 3.54. The van der Waals surface area contributed by atoms with E-state index in [-0.39, 0.29) is 29.4 Å². The SMILES string of the molecule is O=C1CC2CCS(=O)(=O)CC2N1. The molecule has 2 aliphatic heterocycles. The van der Waals surface area contributed by atoms with Crippen LogP contribution in [0.2, 0.25) is 0 Å². The Labute approximate surface area is 71.3 Å². The van der Waals surface area contributed by atoms with Gasteiger partial charge in [-0.1, -0.05) is 0 Å². The van der Waals surface area contributed by atoms with Crippen LogP contribution in [-0.2, 0) is 14.6 Å². The van der Waals surface area contributed by atoms with E-state index in [9.17, 15) is 13.2 Å². The molecule has 5 heteroatoms. The van der Waals surface area contributed by atoms with E-state index in [1.807, 2.05) is 0 Å². The zero-order valence-corrected chi connectivity index (χ0v) is 7.43. The number of hydrogen-bond acceptors (Lipinski definition) is 3. The van der Waals surface area contributed by atoms with E-state index in [2.05, 4.69) is 5.32 Å². The molecule has 0 aromatic heterocycles. The highest BCUT2D eigenvalue weighted by Crippen LogP contribution is 2.26. The van der Waals surface area contributed by atoms with Gasteiger partial charge in [-0.3, -0.25) is 4.79 Å². The summed E-state index contributed by atoms with van der Waals surface area (Å²) in [4.78, 5) is 10.9. The summed E-state index contributed by atoms with van der Waals surface area (Å²) in [7, 11) is -2.88. The highest BCUT2D eigenvalue weighted by Gasteiger charge is 2.39. The second-order valence-corrected chi connectivity index (χ2v) is 5.77. The van der Waals surface area contributed by atoms with Crippen molar-refractivity contribution in [2.24, 2.45) is 5.92 Å². The van der Waals surface area contributed by atoms with Crippen molar-refractivity contribution < 1.29 is 13.2 Å². The fraction of sp³-hybridized carbons (Fsp3) is 0.857. The minimum atomic E-state index is -2.88. The summed E-state index contributed by atoms with van der Waals surface area (Å²) in [5.74, 6) is 0.662. The molecule has 2 rings (SSSR count). The van der Waals surface area contributed by atoms with Crippen molar-refractivity contribution in [2.45, 2.75) is 18.9 Å². The minimum absolute atomic E-state index is 0.00194. The van der Waals surface area contributed by atoms with E-state index in [1.54, 1.807) is 0 Å². The zero-order chi connectivity index (χ0) is 8.77. The molecule has 0 aliphatic carbocycles. The fourth-order valence-electron chi connectivity index (χ4n) is 1.93. The zero-order valence-electron chi connectivity index (χ0n) is 6.62. The molecule has 12 heavy (non-hydrogen) atoms. The molecular formula is C7H11NO3S. The molecule has 0 aromatic rings. The van der Waals surface area contributed by atoms with Crippen LogP contribution < -0.4 is 5.32 Å². The van der Waals surface area contributed by atoms with Gasteiger partial charge < -0.3 is 5.32 Å². The monoisotopic (exact) mass is 189 g/mol. The average Bonchev–Trinajstić information content (AvgIpc) is 2.26. The summed E-state index contributed by atoms with van der Waals surface area (Å²) in [5, 5.41) is 2.69. The van der Waals surface area contributed by atoms with Gasteiger partial charge in [-0.15, -0.1) is 0 Å². The first kappa shape index (κ1) is 8.04. The summed E-state index contributed by atoms with van der Waals surface area (Å²) in [6, 6.07) is -0.101. The lowest BCUT2D eigenvalue weighted by Gasteiger charge is -2.23. The first-order valence-corrected chi connectivity index (χ1v) is 5.89. The molecule has 68 valence electrons. The molecule has 1 amide bonds. The van der Waals surface area contributed by atoms with Crippen molar-refractivity contribution in [3.63, 3.8) is 0 Å². The number of hydrogen-bond donors (Lipinski definition) is 1. The predicted molar refractivity (Wildman–Crippen MR) is 43.3 cm³/mol. The van der Waals surface area contributed by atoms with Crippen LogP contribution in [0.4, 0.5) is 0 Å².